The van der Waals surface area contributed by atoms with Crippen molar-refractivity contribution in [1.29, 1.82) is 0 Å². The molecule has 2 aliphatic rings. The molecule has 0 saturated heterocycles. The van der Waals surface area contributed by atoms with Crippen molar-refractivity contribution >= 4 is 0 Å². The molecule has 0 fully saturated rings. The van der Waals surface area contributed by atoms with Crippen LogP contribution in [-0.4, -0.2) is 0 Å². The van der Waals surface area contributed by atoms with Crippen LogP contribution in [0.25, 0.3) is 0 Å². The minimum Gasteiger partial charge on any atom is -0.102 e. The van der Waals surface area contributed by atoms with E-state index >= 15 is 0 Å². The van der Waals surface area contributed by atoms with Gasteiger partial charge in [-0.1, -0.05) is 99.2 Å². The van der Waals surface area contributed by atoms with Crippen LogP contribution in [0.3, 0.4) is 0 Å². The molecule has 0 nitrogen and oxygen atoms in total. The molecule has 216 valence electrons. The Balaban J connectivity index is 1.79. The van der Waals surface area contributed by atoms with Crippen molar-refractivity contribution in [2.75, 3.05) is 0 Å². The maximum Gasteiger partial charge on any atom is 0.0783 e. The van der Waals surface area contributed by atoms with E-state index < -0.39 is 0 Å². The topological polar surface area (TPSA) is 0 Å². The predicted octanol–water partition coefficient (Wildman–Crippen LogP) is 11.3. The van der Waals surface area contributed by atoms with Gasteiger partial charge in [0.25, 0.3) is 0 Å². The van der Waals surface area contributed by atoms with E-state index in [-0.39, 0.29) is 11.3 Å². The van der Waals surface area contributed by atoms with Crippen molar-refractivity contribution in [3.8, 4) is 35.5 Å². The van der Waals surface area contributed by atoms with Crippen LogP contribution in [-0.2, 0) is 0 Å². The predicted molar refractivity (Wildman–Crippen MR) is 177 cm³/mol. The zero-order chi connectivity index (χ0) is 29.8. The van der Waals surface area contributed by atoms with Crippen molar-refractivity contribution in [3.63, 3.8) is 0 Å². The van der Waals surface area contributed by atoms with Crippen LogP contribution < -0.4 is 0 Å². The minimum absolute atomic E-state index is 0.111. The summed E-state index contributed by atoms with van der Waals surface area (Å²) in [6, 6.07) is 0. The van der Waals surface area contributed by atoms with Crippen molar-refractivity contribution in [3.05, 3.63) is 57.7 Å². The molecule has 40 heavy (non-hydrogen) atoms. The Hall–Kier alpha value is -2.62. The van der Waals surface area contributed by atoms with E-state index in [1.54, 1.807) is 11.1 Å². The second kappa shape index (κ2) is 16.0. The van der Waals surface area contributed by atoms with E-state index in [0.29, 0.717) is 11.3 Å². The Kier molecular flexibility index (Phi) is 13.4. The molecule has 2 atom stereocenters. The van der Waals surface area contributed by atoms with E-state index in [1.165, 1.54) is 68.1 Å². The molecule has 0 saturated carbocycles. The molecule has 0 aliphatic heterocycles. The fourth-order valence-corrected chi connectivity index (χ4v) is 6.15. The van der Waals surface area contributed by atoms with Gasteiger partial charge in [0.15, 0.2) is 0 Å². The van der Waals surface area contributed by atoms with Gasteiger partial charge >= 0.3 is 0 Å². The molecular weight excluding hydrogens is 480 g/mol. The number of hydrogen-bond donors (Lipinski definition) is 0. The van der Waals surface area contributed by atoms with Crippen LogP contribution in [0.2, 0.25) is 0 Å². The Morgan fingerprint density at radius 1 is 0.900 bits per heavy atom. The number of rotatable bonds is 7. The first kappa shape index (κ1) is 33.6. The number of allylic oxidation sites excluding steroid dienone is 10. The largest absolute Gasteiger partial charge is 0.102 e. The Morgan fingerprint density at radius 2 is 1.55 bits per heavy atom. The van der Waals surface area contributed by atoms with Crippen LogP contribution in [0.15, 0.2) is 57.7 Å². The van der Waals surface area contributed by atoms with Crippen LogP contribution in [0, 0.1) is 58.2 Å². The smallest absolute Gasteiger partial charge is 0.0783 e. The summed E-state index contributed by atoms with van der Waals surface area (Å²) in [6.07, 6.45) is 20.5. The molecular formula is C40H56. The molecule has 0 radical (unpaired) electrons. The lowest BCUT2D eigenvalue weighted by Crippen LogP contribution is -2.20. The van der Waals surface area contributed by atoms with Crippen molar-refractivity contribution in [1.82, 2.24) is 0 Å². The van der Waals surface area contributed by atoms with Crippen LogP contribution >= 0.6 is 0 Å². The van der Waals surface area contributed by atoms with E-state index in [1.807, 2.05) is 6.08 Å². The average molecular weight is 537 g/mol. The summed E-state index contributed by atoms with van der Waals surface area (Å²) in [5.74, 6) is 20.5. The highest BCUT2D eigenvalue weighted by molar-refractivity contribution is 5.39. The third kappa shape index (κ3) is 11.5. The molecule has 2 unspecified atom stereocenters. The Morgan fingerprint density at radius 3 is 2.23 bits per heavy atom. The molecule has 0 amide bonds. The molecule has 0 N–H and O–H groups in total. The molecule has 2 aliphatic carbocycles. The summed E-state index contributed by atoms with van der Waals surface area (Å²) in [4.78, 5) is 0. The normalized spacial score (nSPS) is 20.6. The highest BCUT2D eigenvalue weighted by Crippen LogP contribution is 2.43. The highest BCUT2D eigenvalue weighted by atomic mass is 14.3. The van der Waals surface area contributed by atoms with Gasteiger partial charge in [0, 0.05) is 12.8 Å². The lowest BCUT2D eigenvalue weighted by atomic mass is 9.70. The first-order valence-electron chi connectivity index (χ1n) is 15.7. The summed E-state index contributed by atoms with van der Waals surface area (Å²) < 4.78 is 0. The van der Waals surface area contributed by atoms with Gasteiger partial charge in [-0.2, -0.15) is 0 Å². The first-order valence-corrected chi connectivity index (χ1v) is 15.7. The van der Waals surface area contributed by atoms with Crippen LogP contribution in [0.4, 0.5) is 0 Å². The van der Waals surface area contributed by atoms with Gasteiger partial charge in [-0.15, -0.1) is 5.92 Å². The summed E-state index contributed by atoms with van der Waals surface area (Å²) >= 11 is 0. The van der Waals surface area contributed by atoms with Gasteiger partial charge in [0.05, 0.1) is 5.92 Å². The lowest BCUT2D eigenvalue weighted by Gasteiger charge is -2.35. The van der Waals surface area contributed by atoms with Crippen molar-refractivity contribution in [2.24, 2.45) is 22.7 Å². The highest BCUT2D eigenvalue weighted by Gasteiger charge is 2.28. The maximum absolute atomic E-state index is 3.41. The Labute approximate surface area is 249 Å². The van der Waals surface area contributed by atoms with Crippen LogP contribution in [0.5, 0.6) is 0 Å². The average Bonchev–Trinajstić information content (AvgIpc) is 2.85. The molecule has 0 spiro atoms. The van der Waals surface area contributed by atoms with Gasteiger partial charge in [-0.3, -0.25) is 0 Å². The Bertz CT molecular complexity index is 1210. The zero-order valence-corrected chi connectivity index (χ0v) is 27.5. The van der Waals surface area contributed by atoms with Gasteiger partial charge in [-0.25, -0.2) is 0 Å². The van der Waals surface area contributed by atoms with Crippen molar-refractivity contribution < 1.29 is 0 Å². The molecule has 0 heterocycles. The quantitative estimate of drug-likeness (QED) is 0.172. The van der Waals surface area contributed by atoms with Gasteiger partial charge < -0.3 is 0 Å². The first-order chi connectivity index (χ1) is 18.8. The van der Waals surface area contributed by atoms with E-state index in [9.17, 15) is 0 Å². The van der Waals surface area contributed by atoms with Gasteiger partial charge in [0.1, 0.15) is 0 Å². The molecule has 0 aromatic carbocycles. The second-order valence-electron chi connectivity index (χ2n) is 13.7. The van der Waals surface area contributed by atoms with Crippen molar-refractivity contribution in [2.45, 2.75) is 133 Å². The summed E-state index contributed by atoms with van der Waals surface area (Å²) in [7, 11) is 0. The fraction of sp³-hybridized carbons (Fsp3) is 0.600. The molecule has 0 aromatic rings. The number of hydrogen-bond acceptors (Lipinski definition) is 0. The second-order valence-corrected chi connectivity index (χ2v) is 13.7. The lowest BCUT2D eigenvalue weighted by molar-refractivity contribution is 0.345. The third-order valence-corrected chi connectivity index (χ3v) is 8.80. The van der Waals surface area contributed by atoms with Crippen LogP contribution in [0.1, 0.15) is 133 Å². The molecule has 0 heteroatoms. The van der Waals surface area contributed by atoms with E-state index in [2.05, 4.69) is 123 Å². The fourth-order valence-electron chi connectivity index (χ4n) is 6.15. The third-order valence-electron chi connectivity index (χ3n) is 8.80. The summed E-state index contributed by atoms with van der Waals surface area (Å²) in [5, 5.41) is 0. The molecule has 2 rings (SSSR count). The standard InChI is InChI=1S/C40H56/c1-31(19-13-21-33(3)25-27-37-35(5)23-15-29-39(37,7)8)17-11-12-18-32(2)20-14-22-34(4)26-28-38-36(6)24-16-30-40(38,9)10/h17,21,25,27,32,34H,11,15-16,22-24,26,28-30H2,1-10H3/b27-25+,31-17+,33-21+. The van der Waals surface area contributed by atoms with Gasteiger partial charge in [0.2, 0.25) is 0 Å². The summed E-state index contributed by atoms with van der Waals surface area (Å²) in [6.45, 7) is 22.8. The molecule has 0 bridgehead atoms. The minimum atomic E-state index is 0.111. The maximum atomic E-state index is 3.41. The molecule has 0 aromatic heterocycles. The van der Waals surface area contributed by atoms with E-state index in [4.69, 9.17) is 0 Å². The zero-order valence-electron chi connectivity index (χ0n) is 27.5. The van der Waals surface area contributed by atoms with Gasteiger partial charge in [-0.05, 0) is 126 Å². The van der Waals surface area contributed by atoms with E-state index in [0.717, 1.165) is 18.4 Å². The summed E-state index contributed by atoms with van der Waals surface area (Å²) in [5.41, 5.74) is 9.28. The SMILES string of the molecule is CC1=C(/C=C/C(C)=C/C#C/C(C)=C/CC#CC(C)C#CCC(C)CCC2=C(C)CCCC2(C)C)C(C)(C)CCC1. The monoisotopic (exact) mass is 536 g/mol.